The predicted molar refractivity (Wildman–Crippen MR) is 114 cm³/mol. The molecule has 1 amide bonds. The molecule has 0 aromatic heterocycles. The highest BCUT2D eigenvalue weighted by molar-refractivity contribution is 5.68. The molecule has 1 aromatic carbocycles. The minimum atomic E-state index is -0.456. The summed E-state index contributed by atoms with van der Waals surface area (Å²) < 4.78 is 7.54. The smallest absolute Gasteiger partial charge is 0.407 e. The molecule has 1 aromatic rings. The van der Waals surface area contributed by atoms with E-state index in [0.717, 1.165) is 45.2 Å². The quantitative estimate of drug-likeness (QED) is 0.748. The Bertz CT molecular complexity index is 723. The number of nitrogens with one attached hydrogen (secondary N) is 1. The molecule has 0 spiro atoms. The maximum Gasteiger partial charge on any atom is 0.407 e. The van der Waals surface area contributed by atoms with Crippen molar-refractivity contribution in [3.8, 4) is 0 Å². The zero-order valence-electron chi connectivity index (χ0n) is 18.0. The van der Waals surface area contributed by atoms with Crippen LogP contribution in [0.3, 0.4) is 0 Å². The zero-order valence-corrected chi connectivity index (χ0v) is 18.0. The average Bonchev–Trinajstić information content (AvgIpc) is 2.91. The van der Waals surface area contributed by atoms with Gasteiger partial charge in [-0.1, -0.05) is 31.9 Å². The Kier molecular flexibility index (Phi) is 6.31. The van der Waals surface area contributed by atoms with Crippen LogP contribution >= 0.6 is 0 Å². The number of amides is 1. The average molecular weight is 387 g/mol. The minimum Gasteiger partial charge on any atom is -0.444 e. The van der Waals surface area contributed by atoms with Crippen LogP contribution in [0, 0.1) is 5.92 Å². The number of nitrogens with zero attached hydrogens (tertiary/aromatic N) is 2. The Balaban J connectivity index is 1.62. The fraction of sp³-hybridized carbons (Fsp3) is 0.652. The highest BCUT2D eigenvalue weighted by Crippen LogP contribution is 2.34. The van der Waals surface area contributed by atoms with Crippen LogP contribution in [-0.2, 0) is 17.7 Å². The molecule has 2 aliphatic rings. The lowest BCUT2D eigenvalue weighted by atomic mass is 9.85. The monoisotopic (exact) mass is 386 g/mol. The largest absolute Gasteiger partial charge is 0.444 e. The standard InChI is InChI=1S/C23H35N3O2/c1-6-9-18-11-8-13-21-20(18)16-25(5)26(21)15-17-10-7-12-19(14-17)24-22(27)28-23(2,3)4/h8,11,13,17,19H,5-7,9-10,12,14-16H2,1-4H3/p+1. The lowest BCUT2D eigenvalue weighted by Gasteiger charge is -2.31. The summed E-state index contributed by atoms with van der Waals surface area (Å²) >= 11 is 0. The van der Waals surface area contributed by atoms with Gasteiger partial charge in [-0.25, -0.2) is 4.79 Å². The van der Waals surface area contributed by atoms with E-state index < -0.39 is 5.60 Å². The van der Waals surface area contributed by atoms with Gasteiger partial charge < -0.3 is 10.1 Å². The number of fused-ring (bicyclic) bond motifs is 1. The Morgan fingerprint density at radius 3 is 2.86 bits per heavy atom. The third kappa shape index (κ3) is 5.06. The van der Waals surface area contributed by atoms with Crippen LogP contribution in [0.1, 0.15) is 70.9 Å². The molecule has 0 saturated heterocycles. The Morgan fingerprint density at radius 2 is 2.14 bits per heavy atom. The third-order valence-corrected chi connectivity index (χ3v) is 5.66. The SMILES string of the molecule is C=[N+]1Cc2c(CCC)cccc2N1CC1CCCC(NC(=O)OC(C)(C)C)C1. The first-order valence-corrected chi connectivity index (χ1v) is 10.7. The van der Waals surface area contributed by atoms with Crippen molar-refractivity contribution in [3.63, 3.8) is 0 Å². The van der Waals surface area contributed by atoms with Crippen LogP contribution < -0.4 is 10.3 Å². The van der Waals surface area contributed by atoms with E-state index in [9.17, 15) is 4.79 Å². The molecule has 1 saturated carbocycles. The van der Waals surface area contributed by atoms with Gasteiger partial charge in [-0.3, -0.25) is 0 Å². The van der Waals surface area contributed by atoms with Gasteiger partial charge in [0.25, 0.3) is 0 Å². The van der Waals surface area contributed by atoms with Gasteiger partial charge in [0.1, 0.15) is 11.3 Å². The van der Waals surface area contributed by atoms with Crippen molar-refractivity contribution < 1.29 is 14.2 Å². The van der Waals surface area contributed by atoms with Crippen LogP contribution in [0.2, 0.25) is 0 Å². The van der Waals surface area contributed by atoms with E-state index >= 15 is 0 Å². The van der Waals surface area contributed by atoms with Gasteiger partial charge in [0.2, 0.25) is 0 Å². The number of hydrazine groups is 1. The molecule has 5 heteroatoms. The van der Waals surface area contributed by atoms with Gasteiger partial charge in [0, 0.05) is 6.04 Å². The second-order valence-corrected chi connectivity index (χ2v) is 9.29. The molecule has 0 bridgehead atoms. The van der Waals surface area contributed by atoms with Crippen LogP contribution in [0.4, 0.5) is 10.5 Å². The predicted octanol–water partition coefficient (Wildman–Crippen LogP) is 4.67. The Hall–Kier alpha value is -2.04. The number of ether oxygens (including phenoxy) is 1. The molecule has 1 fully saturated rings. The number of anilines is 1. The summed E-state index contributed by atoms with van der Waals surface area (Å²) in [6.45, 7) is 14.0. The number of benzene rings is 1. The maximum atomic E-state index is 12.1. The van der Waals surface area contributed by atoms with Gasteiger partial charge in [0.05, 0.1) is 12.1 Å². The first-order valence-electron chi connectivity index (χ1n) is 10.7. The second kappa shape index (κ2) is 8.54. The molecule has 1 N–H and O–H groups in total. The van der Waals surface area contributed by atoms with E-state index in [-0.39, 0.29) is 12.1 Å². The summed E-state index contributed by atoms with van der Waals surface area (Å²) in [5.74, 6) is 0.540. The van der Waals surface area contributed by atoms with Crippen LogP contribution in [-0.4, -0.2) is 35.7 Å². The highest BCUT2D eigenvalue weighted by atomic mass is 16.6. The molecule has 2 atom stereocenters. The van der Waals surface area contributed by atoms with Crippen LogP contribution in [0.5, 0.6) is 0 Å². The zero-order chi connectivity index (χ0) is 20.3. The van der Waals surface area contributed by atoms with Crippen molar-refractivity contribution in [3.05, 3.63) is 29.3 Å². The highest BCUT2D eigenvalue weighted by Gasteiger charge is 2.35. The summed E-state index contributed by atoms with van der Waals surface area (Å²) in [4.78, 5) is 12.1. The van der Waals surface area contributed by atoms with E-state index in [1.165, 1.54) is 23.2 Å². The normalized spacial score (nSPS) is 22.1. The first kappa shape index (κ1) is 20.7. The summed E-state index contributed by atoms with van der Waals surface area (Å²) in [7, 11) is 0. The molecule has 1 aliphatic carbocycles. The summed E-state index contributed by atoms with van der Waals surface area (Å²) in [6, 6.07) is 6.84. The van der Waals surface area contributed by atoms with Crippen molar-refractivity contribution >= 4 is 18.5 Å². The number of aryl methyl sites for hydroxylation is 1. The van der Waals surface area contributed by atoms with E-state index in [4.69, 9.17) is 4.74 Å². The topological polar surface area (TPSA) is 44.6 Å². The number of hydrogen-bond acceptors (Lipinski definition) is 3. The van der Waals surface area contributed by atoms with Crippen molar-refractivity contribution in [2.75, 3.05) is 11.6 Å². The Morgan fingerprint density at radius 1 is 1.36 bits per heavy atom. The van der Waals surface area contributed by atoms with Crippen molar-refractivity contribution in [2.45, 2.75) is 84.4 Å². The number of carbonyl (C=O) groups is 1. The van der Waals surface area contributed by atoms with Gasteiger partial charge >= 0.3 is 6.09 Å². The number of alkyl carbamates (subject to hydrolysis) is 1. The molecule has 28 heavy (non-hydrogen) atoms. The molecular formula is C23H36N3O2+. The maximum absolute atomic E-state index is 12.1. The van der Waals surface area contributed by atoms with E-state index in [1.54, 1.807) is 0 Å². The molecule has 1 heterocycles. The van der Waals surface area contributed by atoms with Gasteiger partial charge in [-0.15, -0.1) is 4.68 Å². The van der Waals surface area contributed by atoms with Crippen LogP contribution in [0.15, 0.2) is 18.2 Å². The van der Waals surface area contributed by atoms with E-state index in [0.29, 0.717) is 5.92 Å². The fourth-order valence-corrected chi connectivity index (χ4v) is 4.49. The number of hydrazone groups is 1. The van der Waals surface area contributed by atoms with Crippen LogP contribution in [0.25, 0.3) is 0 Å². The molecule has 5 nitrogen and oxygen atoms in total. The lowest BCUT2D eigenvalue weighted by Crippen LogP contribution is -2.43. The van der Waals surface area contributed by atoms with Gasteiger partial charge in [-0.05, 0) is 64.0 Å². The molecule has 1 aliphatic heterocycles. The number of rotatable bonds is 5. The molecular weight excluding hydrogens is 350 g/mol. The second-order valence-electron chi connectivity index (χ2n) is 9.29. The van der Waals surface area contributed by atoms with E-state index in [1.807, 2.05) is 20.8 Å². The summed E-state index contributed by atoms with van der Waals surface area (Å²) in [6.07, 6.45) is 6.34. The third-order valence-electron chi connectivity index (χ3n) is 5.66. The molecule has 154 valence electrons. The Labute approximate surface area is 169 Å². The van der Waals surface area contributed by atoms with Gasteiger partial charge in [0.15, 0.2) is 13.3 Å². The van der Waals surface area contributed by atoms with Crippen molar-refractivity contribution in [2.24, 2.45) is 5.92 Å². The lowest BCUT2D eigenvalue weighted by molar-refractivity contribution is -0.540. The van der Waals surface area contributed by atoms with E-state index in [2.05, 4.69) is 46.9 Å². The number of hydrogen-bond donors (Lipinski definition) is 1. The molecule has 2 unspecified atom stereocenters. The van der Waals surface area contributed by atoms with Crippen molar-refractivity contribution in [1.82, 2.24) is 5.32 Å². The van der Waals surface area contributed by atoms with Gasteiger partial charge in [-0.2, -0.15) is 5.01 Å². The first-order chi connectivity index (χ1) is 13.3. The summed E-state index contributed by atoms with van der Waals surface area (Å²) in [5, 5.41) is 5.42. The summed E-state index contributed by atoms with van der Waals surface area (Å²) in [5.41, 5.74) is 3.73. The number of carbonyl (C=O) groups excluding carboxylic acids is 1. The van der Waals surface area contributed by atoms with Crippen molar-refractivity contribution in [1.29, 1.82) is 0 Å². The minimum absolute atomic E-state index is 0.195. The molecule has 3 rings (SSSR count). The fourth-order valence-electron chi connectivity index (χ4n) is 4.49. The molecule has 0 radical (unpaired) electrons.